The molecular formula is C19H17FN2O2S. The topological polar surface area (TPSA) is 41.9 Å². The maximum atomic E-state index is 13.6. The predicted octanol–water partition coefficient (Wildman–Crippen LogP) is 3.94. The number of carbonyl (C=O) groups excluding carboxylic acids is 1. The monoisotopic (exact) mass is 356 g/mol. The summed E-state index contributed by atoms with van der Waals surface area (Å²) in [5, 5.41) is 0.682. The Morgan fingerprint density at radius 2 is 1.92 bits per heavy atom. The van der Waals surface area contributed by atoms with E-state index in [1.807, 2.05) is 18.2 Å². The van der Waals surface area contributed by atoms with Gasteiger partial charge in [0.25, 0.3) is 5.91 Å². The fourth-order valence-electron chi connectivity index (χ4n) is 2.34. The number of aliphatic imine (C=N–C) groups is 1. The maximum Gasteiger partial charge on any atom is 0.266 e. The largest absolute Gasteiger partial charge is 0.489 e. The Kier molecular flexibility index (Phi) is 5.19. The molecular weight excluding hydrogens is 339 g/mol. The van der Waals surface area contributed by atoms with Crippen molar-refractivity contribution in [3.8, 4) is 5.75 Å². The highest BCUT2D eigenvalue weighted by molar-refractivity contribution is 8.18. The molecule has 0 atom stereocenters. The number of halogens is 1. The third kappa shape index (κ3) is 3.91. The molecule has 0 radical (unpaired) electrons. The number of rotatable bonds is 4. The summed E-state index contributed by atoms with van der Waals surface area (Å²) in [6.07, 6.45) is 1.82. The van der Waals surface area contributed by atoms with Crippen LogP contribution in [0.5, 0.6) is 5.75 Å². The van der Waals surface area contributed by atoms with Gasteiger partial charge in [-0.3, -0.25) is 14.7 Å². The minimum absolute atomic E-state index is 0.0644. The summed E-state index contributed by atoms with van der Waals surface area (Å²) < 4.78 is 19.2. The number of thioether (sulfide) groups is 1. The van der Waals surface area contributed by atoms with E-state index >= 15 is 0 Å². The van der Waals surface area contributed by atoms with E-state index in [4.69, 9.17) is 4.74 Å². The van der Waals surface area contributed by atoms with Crippen molar-refractivity contribution < 1.29 is 13.9 Å². The second-order valence-corrected chi connectivity index (χ2v) is 6.44. The first kappa shape index (κ1) is 17.2. The molecule has 1 heterocycles. The predicted molar refractivity (Wildman–Crippen MR) is 98.9 cm³/mol. The van der Waals surface area contributed by atoms with Crippen molar-refractivity contribution in [1.82, 2.24) is 4.90 Å². The molecule has 1 saturated heterocycles. The van der Waals surface area contributed by atoms with Gasteiger partial charge in [0.2, 0.25) is 0 Å². The summed E-state index contributed by atoms with van der Waals surface area (Å²) >= 11 is 1.35. The van der Waals surface area contributed by atoms with Crippen LogP contribution in [0.1, 0.15) is 11.1 Å². The molecule has 3 rings (SSSR count). The molecule has 2 aromatic carbocycles. The van der Waals surface area contributed by atoms with E-state index in [0.717, 1.165) is 5.56 Å². The van der Waals surface area contributed by atoms with Crippen LogP contribution < -0.4 is 4.74 Å². The normalized spacial score (nSPS) is 17.6. The van der Waals surface area contributed by atoms with E-state index in [1.165, 1.54) is 22.7 Å². The van der Waals surface area contributed by atoms with Crippen molar-refractivity contribution in [2.45, 2.75) is 6.61 Å². The zero-order chi connectivity index (χ0) is 17.8. The fourth-order valence-corrected chi connectivity index (χ4v) is 3.26. The molecule has 6 heteroatoms. The molecule has 0 aromatic heterocycles. The second-order valence-electron chi connectivity index (χ2n) is 5.43. The average Bonchev–Trinajstić information content (AvgIpc) is 2.90. The second kappa shape index (κ2) is 7.53. The molecule has 0 spiro atoms. The van der Waals surface area contributed by atoms with Gasteiger partial charge in [0.15, 0.2) is 5.17 Å². The van der Waals surface area contributed by atoms with Gasteiger partial charge in [-0.2, -0.15) is 0 Å². The standard InChI is InChI=1S/C19H17FN2O2S/c1-21-19-22(2)18(23)17(25-19)11-13-7-9-15(10-8-13)24-12-14-5-3-4-6-16(14)20/h3-11H,12H2,1-2H3. The Bertz CT molecular complexity index is 847. The maximum absolute atomic E-state index is 13.6. The molecule has 1 aliphatic rings. The van der Waals surface area contributed by atoms with Crippen molar-refractivity contribution in [1.29, 1.82) is 0 Å². The molecule has 0 saturated carbocycles. The molecule has 128 valence electrons. The van der Waals surface area contributed by atoms with E-state index in [2.05, 4.69) is 4.99 Å². The van der Waals surface area contributed by atoms with Gasteiger partial charge in [0.1, 0.15) is 18.2 Å². The minimum atomic E-state index is -0.280. The van der Waals surface area contributed by atoms with Crippen LogP contribution in [0.2, 0.25) is 0 Å². The number of likely N-dealkylation sites (N-methyl/N-ethyl adjacent to an activating group) is 1. The number of hydrogen-bond donors (Lipinski definition) is 0. The first-order chi connectivity index (χ1) is 12.1. The van der Waals surface area contributed by atoms with E-state index in [-0.39, 0.29) is 18.3 Å². The number of hydrogen-bond acceptors (Lipinski definition) is 4. The summed E-state index contributed by atoms with van der Waals surface area (Å²) in [5.41, 5.74) is 1.40. The van der Waals surface area contributed by atoms with Crippen molar-refractivity contribution in [2.75, 3.05) is 14.1 Å². The van der Waals surface area contributed by atoms with Crippen LogP contribution in [0.3, 0.4) is 0 Å². The quantitative estimate of drug-likeness (QED) is 0.780. The smallest absolute Gasteiger partial charge is 0.266 e. The average molecular weight is 356 g/mol. The molecule has 0 unspecified atom stereocenters. The zero-order valence-corrected chi connectivity index (χ0v) is 14.7. The minimum Gasteiger partial charge on any atom is -0.489 e. The molecule has 0 bridgehead atoms. The lowest BCUT2D eigenvalue weighted by Crippen LogP contribution is -2.23. The Hall–Kier alpha value is -2.60. The summed E-state index contributed by atoms with van der Waals surface area (Å²) in [7, 11) is 3.37. The van der Waals surface area contributed by atoms with Gasteiger partial charge in [-0.1, -0.05) is 30.3 Å². The van der Waals surface area contributed by atoms with Gasteiger partial charge in [0, 0.05) is 19.7 Å². The van der Waals surface area contributed by atoms with Gasteiger partial charge < -0.3 is 4.74 Å². The van der Waals surface area contributed by atoms with E-state index in [0.29, 0.717) is 21.4 Å². The van der Waals surface area contributed by atoms with Gasteiger partial charge in [0.05, 0.1) is 4.91 Å². The molecule has 0 aliphatic carbocycles. The number of carbonyl (C=O) groups is 1. The van der Waals surface area contributed by atoms with Crippen LogP contribution in [0.4, 0.5) is 4.39 Å². The molecule has 1 aliphatic heterocycles. The number of benzene rings is 2. The highest BCUT2D eigenvalue weighted by Gasteiger charge is 2.29. The first-order valence-electron chi connectivity index (χ1n) is 7.69. The highest BCUT2D eigenvalue weighted by Crippen LogP contribution is 2.31. The lowest BCUT2D eigenvalue weighted by molar-refractivity contribution is -0.121. The van der Waals surface area contributed by atoms with Gasteiger partial charge in [-0.05, 0) is 41.6 Å². The summed E-state index contributed by atoms with van der Waals surface area (Å²) in [5.74, 6) is 0.298. The molecule has 1 amide bonds. The van der Waals surface area contributed by atoms with Crippen LogP contribution in [0.25, 0.3) is 6.08 Å². The molecule has 1 fully saturated rings. The Labute approximate surface area is 150 Å². The lowest BCUT2D eigenvalue weighted by Gasteiger charge is -2.07. The van der Waals surface area contributed by atoms with Crippen LogP contribution in [0.15, 0.2) is 58.4 Å². The highest BCUT2D eigenvalue weighted by atomic mass is 32.2. The Balaban J connectivity index is 1.68. The Morgan fingerprint density at radius 1 is 1.20 bits per heavy atom. The Morgan fingerprint density at radius 3 is 2.56 bits per heavy atom. The van der Waals surface area contributed by atoms with Crippen molar-refractivity contribution >= 4 is 28.9 Å². The van der Waals surface area contributed by atoms with Crippen LogP contribution in [-0.4, -0.2) is 30.1 Å². The molecule has 2 aromatic rings. The first-order valence-corrected chi connectivity index (χ1v) is 8.51. The summed E-state index contributed by atoms with van der Waals surface area (Å²) in [6.45, 7) is 0.169. The number of ether oxygens (including phenoxy) is 1. The van der Waals surface area contributed by atoms with Crippen LogP contribution >= 0.6 is 11.8 Å². The molecule has 25 heavy (non-hydrogen) atoms. The number of nitrogens with zero attached hydrogens (tertiary/aromatic N) is 2. The van der Waals surface area contributed by atoms with Gasteiger partial charge in [-0.15, -0.1) is 0 Å². The van der Waals surface area contributed by atoms with Crippen molar-refractivity contribution in [2.24, 2.45) is 4.99 Å². The van der Waals surface area contributed by atoms with Crippen molar-refractivity contribution in [3.63, 3.8) is 0 Å². The summed E-state index contributed by atoms with van der Waals surface area (Å²) in [6, 6.07) is 13.9. The third-order valence-corrected chi connectivity index (χ3v) is 4.88. The van der Waals surface area contributed by atoms with E-state index < -0.39 is 0 Å². The number of amides is 1. The van der Waals surface area contributed by atoms with E-state index in [9.17, 15) is 9.18 Å². The zero-order valence-electron chi connectivity index (χ0n) is 13.9. The van der Waals surface area contributed by atoms with Crippen molar-refractivity contribution in [3.05, 3.63) is 70.4 Å². The molecule has 0 N–H and O–H groups in total. The van der Waals surface area contributed by atoms with E-state index in [1.54, 1.807) is 44.4 Å². The lowest BCUT2D eigenvalue weighted by atomic mass is 10.2. The SMILES string of the molecule is CN=C1SC(=Cc2ccc(OCc3ccccc3F)cc2)C(=O)N1C. The number of amidine groups is 1. The third-order valence-electron chi connectivity index (χ3n) is 3.72. The van der Waals surface area contributed by atoms with Gasteiger partial charge in [-0.25, -0.2) is 4.39 Å². The molecule has 4 nitrogen and oxygen atoms in total. The summed E-state index contributed by atoms with van der Waals surface area (Å²) in [4.78, 5) is 18.4. The fraction of sp³-hybridized carbons (Fsp3) is 0.158. The van der Waals surface area contributed by atoms with Crippen LogP contribution in [-0.2, 0) is 11.4 Å². The van der Waals surface area contributed by atoms with Gasteiger partial charge >= 0.3 is 0 Å². The van der Waals surface area contributed by atoms with Crippen LogP contribution in [0, 0.1) is 5.82 Å².